The molecule has 0 saturated heterocycles. The molecule has 0 heterocycles. The molecule has 6 nitrogen and oxygen atoms in total. The second kappa shape index (κ2) is 5.52. The molecular formula is C5H10N4O2. The van der Waals surface area contributed by atoms with Crippen molar-refractivity contribution in [1.29, 1.82) is 0 Å². The predicted octanol–water partition coefficient (Wildman–Crippen LogP) is 0.882. The second-order valence-electron chi connectivity index (χ2n) is 1.84. The van der Waals surface area contributed by atoms with Gasteiger partial charge >= 0.3 is 5.97 Å². The molecule has 0 radical (unpaired) electrons. The highest BCUT2D eigenvalue weighted by Crippen LogP contribution is 1.94. The second-order valence-corrected chi connectivity index (χ2v) is 1.84. The fourth-order valence-corrected chi connectivity index (χ4v) is 0.472. The Labute approximate surface area is 63.9 Å². The molecule has 0 spiro atoms. The summed E-state index contributed by atoms with van der Waals surface area (Å²) in [4.78, 5) is 13.0. The maximum atomic E-state index is 10.6. The van der Waals surface area contributed by atoms with Crippen LogP contribution in [0.2, 0.25) is 0 Å². The molecule has 0 aliphatic rings. The highest BCUT2D eigenvalue weighted by molar-refractivity contribution is 5.69. The molecule has 2 N–H and O–H groups in total. The van der Waals surface area contributed by atoms with E-state index in [9.17, 15) is 4.79 Å². The molecule has 0 amide bonds. The number of esters is 1. The Morgan fingerprint density at radius 1 is 1.91 bits per heavy atom. The van der Waals surface area contributed by atoms with Gasteiger partial charge < -0.3 is 4.74 Å². The Hall–Kier alpha value is -1.26. The Kier molecular flexibility index (Phi) is 4.89. The van der Waals surface area contributed by atoms with Crippen molar-refractivity contribution < 1.29 is 9.53 Å². The van der Waals surface area contributed by atoms with E-state index in [4.69, 9.17) is 11.3 Å². The van der Waals surface area contributed by atoms with Crippen LogP contribution in [-0.2, 0) is 9.53 Å². The lowest BCUT2D eigenvalue weighted by molar-refractivity contribution is -0.148. The minimum Gasteiger partial charge on any atom is -0.440 e. The molecule has 0 fully saturated rings. The fourth-order valence-electron chi connectivity index (χ4n) is 0.472. The van der Waals surface area contributed by atoms with Crippen molar-refractivity contribution in [3.05, 3.63) is 10.4 Å². The molecule has 0 aromatic rings. The summed E-state index contributed by atoms with van der Waals surface area (Å²) in [6.45, 7) is 1.83. The first-order valence-electron chi connectivity index (χ1n) is 3.20. The van der Waals surface area contributed by atoms with Crippen LogP contribution in [0.5, 0.6) is 0 Å². The van der Waals surface area contributed by atoms with E-state index in [1.165, 1.54) is 0 Å². The minimum atomic E-state index is -1.20. The maximum absolute atomic E-state index is 10.6. The van der Waals surface area contributed by atoms with E-state index in [0.717, 1.165) is 0 Å². The highest BCUT2D eigenvalue weighted by atomic mass is 16.6. The van der Waals surface area contributed by atoms with Crippen molar-refractivity contribution in [2.24, 2.45) is 10.8 Å². The average molecular weight is 158 g/mol. The van der Waals surface area contributed by atoms with Crippen molar-refractivity contribution >= 4 is 5.97 Å². The SMILES string of the molecule is CCCC(=O)OC(N)N=[N+]=[N-]. The van der Waals surface area contributed by atoms with E-state index >= 15 is 0 Å². The van der Waals surface area contributed by atoms with Gasteiger partial charge in [-0.25, -0.2) is 0 Å². The van der Waals surface area contributed by atoms with Crippen LogP contribution in [0.15, 0.2) is 5.11 Å². The normalized spacial score (nSPS) is 11.5. The average Bonchev–Trinajstić information content (AvgIpc) is 1.87. The maximum Gasteiger partial charge on any atom is 0.307 e. The summed E-state index contributed by atoms with van der Waals surface area (Å²) >= 11 is 0. The topological polar surface area (TPSA) is 101 Å². The van der Waals surface area contributed by atoms with Gasteiger partial charge in [0.25, 0.3) is 0 Å². The number of azide groups is 1. The number of nitrogens with two attached hydrogens (primary N) is 1. The van der Waals surface area contributed by atoms with Gasteiger partial charge in [-0.1, -0.05) is 6.92 Å². The summed E-state index contributed by atoms with van der Waals surface area (Å²) in [5.74, 6) is -0.451. The van der Waals surface area contributed by atoms with Crippen LogP contribution in [0.3, 0.4) is 0 Å². The number of nitrogens with zero attached hydrogens (tertiary/aromatic N) is 3. The van der Waals surface area contributed by atoms with E-state index in [0.29, 0.717) is 6.42 Å². The van der Waals surface area contributed by atoms with Gasteiger partial charge in [-0.2, -0.15) is 0 Å². The van der Waals surface area contributed by atoms with Gasteiger partial charge in [0.05, 0.1) is 0 Å². The Bertz CT molecular complexity index is 175. The number of hydrogen-bond acceptors (Lipinski definition) is 4. The molecule has 0 aliphatic heterocycles. The number of rotatable bonds is 4. The predicted molar refractivity (Wildman–Crippen MR) is 38.1 cm³/mol. The van der Waals surface area contributed by atoms with Crippen LogP contribution < -0.4 is 5.73 Å². The molecule has 0 aromatic heterocycles. The number of carbonyl (C=O) groups is 1. The summed E-state index contributed by atoms with van der Waals surface area (Å²) in [6, 6.07) is 0. The quantitative estimate of drug-likeness (QED) is 0.216. The number of ether oxygens (including phenoxy) is 1. The lowest BCUT2D eigenvalue weighted by atomic mass is 10.3. The molecule has 0 rings (SSSR count). The Morgan fingerprint density at radius 3 is 3.00 bits per heavy atom. The van der Waals surface area contributed by atoms with Crippen LogP contribution in [-0.4, -0.2) is 12.3 Å². The zero-order valence-corrected chi connectivity index (χ0v) is 6.23. The third-order valence-corrected chi connectivity index (χ3v) is 0.872. The van der Waals surface area contributed by atoms with Gasteiger partial charge in [0.2, 0.25) is 6.35 Å². The van der Waals surface area contributed by atoms with E-state index in [2.05, 4.69) is 14.8 Å². The smallest absolute Gasteiger partial charge is 0.307 e. The summed E-state index contributed by atoms with van der Waals surface area (Å²) < 4.78 is 4.45. The monoisotopic (exact) mass is 158 g/mol. The third kappa shape index (κ3) is 5.20. The highest BCUT2D eigenvalue weighted by Gasteiger charge is 2.05. The molecule has 0 saturated carbocycles. The zero-order chi connectivity index (χ0) is 8.69. The van der Waals surface area contributed by atoms with E-state index < -0.39 is 12.3 Å². The van der Waals surface area contributed by atoms with E-state index in [1.807, 2.05) is 6.92 Å². The number of hydrogen-bond donors (Lipinski definition) is 1. The van der Waals surface area contributed by atoms with Crippen molar-refractivity contribution in [2.45, 2.75) is 26.1 Å². The van der Waals surface area contributed by atoms with Crippen LogP contribution in [0.25, 0.3) is 10.4 Å². The molecule has 0 aromatic carbocycles. The Balaban J connectivity index is 3.65. The first-order valence-corrected chi connectivity index (χ1v) is 3.20. The van der Waals surface area contributed by atoms with E-state index in [1.54, 1.807) is 0 Å². The summed E-state index contributed by atoms with van der Waals surface area (Å²) in [6.07, 6.45) is -0.227. The summed E-state index contributed by atoms with van der Waals surface area (Å²) in [5.41, 5.74) is 12.9. The number of carbonyl (C=O) groups excluding carboxylic acids is 1. The molecule has 62 valence electrons. The van der Waals surface area contributed by atoms with Crippen molar-refractivity contribution in [2.75, 3.05) is 0 Å². The lowest BCUT2D eigenvalue weighted by Gasteiger charge is -2.05. The van der Waals surface area contributed by atoms with Gasteiger partial charge in [0.15, 0.2) is 0 Å². The van der Waals surface area contributed by atoms with Crippen LogP contribution in [0.1, 0.15) is 19.8 Å². The van der Waals surface area contributed by atoms with Crippen molar-refractivity contribution in [3.63, 3.8) is 0 Å². The van der Waals surface area contributed by atoms with Gasteiger partial charge in [-0.15, -0.1) is 0 Å². The van der Waals surface area contributed by atoms with E-state index in [-0.39, 0.29) is 6.42 Å². The van der Waals surface area contributed by atoms with Crippen LogP contribution in [0.4, 0.5) is 0 Å². The largest absolute Gasteiger partial charge is 0.440 e. The van der Waals surface area contributed by atoms with Gasteiger partial charge in [0, 0.05) is 11.3 Å². The third-order valence-electron chi connectivity index (χ3n) is 0.872. The first kappa shape index (κ1) is 9.74. The first-order chi connectivity index (χ1) is 5.20. The van der Waals surface area contributed by atoms with Crippen LogP contribution in [0, 0.1) is 0 Å². The van der Waals surface area contributed by atoms with Crippen molar-refractivity contribution in [1.82, 2.24) is 0 Å². The molecule has 0 bridgehead atoms. The summed E-state index contributed by atoms with van der Waals surface area (Å²) in [7, 11) is 0. The molecule has 11 heavy (non-hydrogen) atoms. The minimum absolute atomic E-state index is 0.286. The summed E-state index contributed by atoms with van der Waals surface area (Å²) in [5, 5.41) is 2.96. The Morgan fingerprint density at radius 2 is 2.55 bits per heavy atom. The van der Waals surface area contributed by atoms with Crippen LogP contribution >= 0.6 is 0 Å². The standard InChI is InChI=1S/C5H10N4O2/c1-2-3-4(10)11-5(6)8-9-7/h5H,2-3,6H2,1H3. The van der Waals surface area contributed by atoms with Gasteiger partial charge in [-0.3, -0.25) is 10.5 Å². The molecule has 0 aliphatic carbocycles. The lowest BCUT2D eigenvalue weighted by Crippen LogP contribution is -2.24. The fraction of sp³-hybridized carbons (Fsp3) is 0.800. The molecule has 1 unspecified atom stereocenters. The van der Waals surface area contributed by atoms with Gasteiger partial charge in [0.1, 0.15) is 0 Å². The van der Waals surface area contributed by atoms with Gasteiger partial charge in [-0.05, 0) is 17.1 Å². The zero-order valence-electron chi connectivity index (χ0n) is 6.23. The van der Waals surface area contributed by atoms with Crippen molar-refractivity contribution in [3.8, 4) is 0 Å². The molecule has 6 heteroatoms. The molecular weight excluding hydrogens is 148 g/mol. The molecule has 1 atom stereocenters.